The molecule has 0 heterocycles. The quantitative estimate of drug-likeness (QED) is 0.146. The minimum Gasteiger partial charge on any atom is -0.744 e. The molecule has 4 aromatic carbocycles. The Balaban J connectivity index is 0.000000320. The minimum atomic E-state index is -4.79. The second kappa shape index (κ2) is 17.5. The molecule has 0 saturated heterocycles. The molecule has 0 unspecified atom stereocenters. The molecule has 248 valence electrons. The Morgan fingerprint density at radius 1 is 0.426 bits per heavy atom. The van der Waals surface area contributed by atoms with Gasteiger partial charge < -0.3 is 25.8 Å². The van der Waals surface area contributed by atoms with Crippen LogP contribution >= 0.6 is 63.7 Å². The summed E-state index contributed by atoms with van der Waals surface area (Å²) >= 11 is 12.1. The third-order valence-electron chi connectivity index (χ3n) is 4.76. The van der Waals surface area contributed by atoms with E-state index in [2.05, 4.69) is 72.1 Å². The summed E-state index contributed by atoms with van der Waals surface area (Å²) in [7, 11) is -18.6. The van der Waals surface area contributed by atoms with E-state index in [1.807, 2.05) is 0 Å². The average molecular weight is 1110 g/mol. The number of hydrogen-bond acceptors (Lipinski definition) is 14. The zero-order valence-electron chi connectivity index (χ0n) is 22.7. The fourth-order valence-electron chi connectivity index (χ4n) is 2.94. The van der Waals surface area contributed by atoms with Crippen molar-refractivity contribution < 1.29 is 59.5 Å². The molecule has 0 atom stereocenters. The van der Waals surface area contributed by atoms with Crippen LogP contribution < -0.4 is 16.7 Å². The van der Waals surface area contributed by atoms with Gasteiger partial charge in [-0.25, -0.2) is 16.8 Å². The van der Waals surface area contributed by atoms with Crippen LogP contribution in [0.4, 0.5) is 0 Å². The van der Waals surface area contributed by atoms with Crippen LogP contribution in [-0.4, -0.2) is 91.7 Å². The van der Waals surface area contributed by atoms with Crippen LogP contribution in [0.5, 0.6) is 23.0 Å². The van der Waals surface area contributed by atoms with Crippen molar-refractivity contribution in [2.45, 2.75) is 9.79 Å². The van der Waals surface area contributed by atoms with Gasteiger partial charge in [-0.05, 0) is 105 Å². The number of halogens is 4. The van der Waals surface area contributed by atoms with E-state index in [4.69, 9.17) is 8.37 Å². The van der Waals surface area contributed by atoms with Crippen molar-refractivity contribution >= 4 is 154 Å². The van der Waals surface area contributed by atoms with Gasteiger partial charge in [-0.2, -0.15) is 0 Å². The van der Waals surface area contributed by atoms with Gasteiger partial charge in [0.05, 0.1) is 9.79 Å². The SMILES string of the molecule is O=S(=O)(Oc1ccc(Br)cc1)Oc1ccc(Br)c(S(=O)(=O)[O-])c1.O=S(=O)(Oc1ccc(Br)cc1)Oc1ccc(Br)c(S(=O)(=O)[O-])c1.[Ba+2]. The number of benzene rings is 4. The molecule has 4 aromatic rings. The van der Waals surface area contributed by atoms with E-state index in [1.165, 1.54) is 48.5 Å². The second-order valence-corrected chi connectivity index (χ2v) is 16.7. The molecule has 0 fully saturated rings. The van der Waals surface area contributed by atoms with Crippen LogP contribution in [0.15, 0.2) is 113 Å². The average Bonchev–Trinajstić information content (AvgIpc) is 2.92. The summed E-state index contributed by atoms with van der Waals surface area (Å²) in [5.74, 6) is -0.747. The van der Waals surface area contributed by atoms with Gasteiger partial charge in [0.1, 0.15) is 43.2 Å². The van der Waals surface area contributed by atoms with Gasteiger partial charge in [0.25, 0.3) is 0 Å². The van der Waals surface area contributed by atoms with Crippen molar-refractivity contribution in [3.05, 3.63) is 103 Å². The van der Waals surface area contributed by atoms with Crippen molar-refractivity contribution in [3.8, 4) is 23.0 Å². The summed E-state index contributed by atoms with van der Waals surface area (Å²) < 4.78 is 134. The maximum absolute atomic E-state index is 11.8. The molecule has 0 radical (unpaired) electrons. The van der Waals surface area contributed by atoms with Crippen LogP contribution in [-0.2, 0) is 41.0 Å². The number of rotatable bonds is 10. The van der Waals surface area contributed by atoms with Crippen LogP contribution in [0.3, 0.4) is 0 Å². The third-order valence-corrected chi connectivity index (χ3v) is 11.1. The van der Waals surface area contributed by atoms with Gasteiger partial charge in [0.15, 0.2) is 0 Å². The summed E-state index contributed by atoms with van der Waals surface area (Å²) in [5.41, 5.74) is 0. The second-order valence-electron chi connectivity index (χ2n) is 8.15. The summed E-state index contributed by atoms with van der Waals surface area (Å²) in [6, 6.07) is 18.1. The molecule has 4 rings (SSSR count). The molecular weight excluding hydrogens is 1100 g/mol. The van der Waals surface area contributed by atoms with E-state index in [0.29, 0.717) is 0 Å². The van der Waals surface area contributed by atoms with Crippen LogP contribution in [0.2, 0.25) is 0 Å². The van der Waals surface area contributed by atoms with E-state index >= 15 is 0 Å². The molecule has 47 heavy (non-hydrogen) atoms. The van der Waals surface area contributed by atoms with Gasteiger partial charge in [-0.1, -0.05) is 31.9 Å². The van der Waals surface area contributed by atoms with Crippen molar-refractivity contribution in [2.75, 3.05) is 0 Å². The Morgan fingerprint density at radius 2 is 0.681 bits per heavy atom. The van der Waals surface area contributed by atoms with Gasteiger partial charge in [0.2, 0.25) is 0 Å². The third kappa shape index (κ3) is 14.2. The zero-order chi connectivity index (χ0) is 34.5. The fourth-order valence-corrected chi connectivity index (χ4v) is 7.73. The molecule has 23 heteroatoms. The first-order valence-electron chi connectivity index (χ1n) is 11.4. The molecule has 0 amide bonds. The molecule has 0 saturated carbocycles. The van der Waals surface area contributed by atoms with E-state index in [-0.39, 0.29) is 80.8 Å². The molecule has 0 aromatic heterocycles. The Morgan fingerprint density at radius 3 is 0.957 bits per heavy atom. The first kappa shape index (κ1) is 42.5. The fraction of sp³-hybridized carbons (Fsp3) is 0. The Bertz CT molecular complexity index is 2010. The molecule has 0 bridgehead atoms. The van der Waals surface area contributed by atoms with Gasteiger partial charge in [0, 0.05) is 30.0 Å². The number of hydrogen-bond donors (Lipinski definition) is 0. The predicted octanol–water partition coefficient (Wildman–Crippen LogP) is 5.26. The normalized spacial score (nSPS) is 11.7. The van der Waals surface area contributed by atoms with E-state index in [9.17, 15) is 42.8 Å². The van der Waals surface area contributed by atoms with Crippen molar-refractivity contribution in [3.63, 3.8) is 0 Å². The first-order chi connectivity index (χ1) is 21.1. The van der Waals surface area contributed by atoms with Crippen molar-refractivity contribution in [1.29, 1.82) is 0 Å². The van der Waals surface area contributed by atoms with Crippen LogP contribution in [0.25, 0.3) is 0 Å². The van der Waals surface area contributed by atoms with E-state index < -0.39 is 50.8 Å². The minimum absolute atomic E-state index is 0. The molecule has 0 aliphatic heterocycles. The smallest absolute Gasteiger partial charge is 0.744 e. The Kier molecular flexibility index (Phi) is 15.8. The molecule has 0 aliphatic carbocycles. The van der Waals surface area contributed by atoms with Crippen molar-refractivity contribution in [2.24, 2.45) is 0 Å². The largest absolute Gasteiger partial charge is 2.00 e. The maximum atomic E-state index is 11.8. The Labute approximate surface area is 343 Å². The topological polar surface area (TPSA) is 220 Å². The molecule has 0 spiro atoms. The first-order valence-corrected chi connectivity index (χ1v) is 20.1. The van der Waals surface area contributed by atoms with Gasteiger partial charge >= 0.3 is 69.7 Å². The maximum Gasteiger partial charge on any atom is 2.00 e. The Hall–Kier alpha value is -0.709. The summed E-state index contributed by atoms with van der Waals surface area (Å²) in [6.45, 7) is 0. The summed E-state index contributed by atoms with van der Waals surface area (Å²) in [5, 5.41) is 0. The summed E-state index contributed by atoms with van der Waals surface area (Å²) in [6.07, 6.45) is 0. The van der Waals surface area contributed by atoms with E-state index in [1.54, 1.807) is 24.3 Å². The molecular formula is C24H14BaBr4O14S4. The summed E-state index contributed by atoms with van der Waals surface area (Å²) in [4.78, 5) is -1.29. The van der Waals surface area contributed by atoms with Gasteiger partial charge in [-0.15, -0.1) is 16.8 Å². The van der Waals surface area contributed by atoms with Crippen LogP contribution in [0.1, 0.15) is 0 Å². The van der Waals surface area contributed by atoms with E-state index in [0.717, 1.165) is 21.1 Å². The molecule has 0 aliphatic rings. The van der Waals surface area contributed by atoms with Gasteiger partial charge in [-0.3, -0.25) is 0 Å². The zero-order valence-corrected chi connectivity index (χ0v) is 36.7. The van der Waals surface area contributed by atoms with Crippen LogP contribution in [0, 0.1) is 0 Å². The predicted molar refractivity (Wildman–Crippen MR) is 179 cm³/mol. The van der Waals surface area contributed by atoms with Crippen molar-refractivity contribution in [1.82, 2.24) is 0 Å². The standard InChI is InChI=1S/2C12H8Br2O7S2.Ba/c2*13-8-1-3-9(4-2-8)20-23(18,19)21-10-5-6-11(14)12(7-10)22(15,16)17;/h2*1-7H,(H,15,16,17);/q;;+2/p-2. The molecule has 0 N–H and O–H groups in total. The monoisotopic (exact) mass is 1110 g/mol. The molecule has 14 nitrogen and oxygen atoms in total.